The molecule has 0 amide bonds. The van der Waals surface area contributed by atoms with E-state index in [1.54, 1.807) is 6.20 Å². The van der Waals surface area contributed by atoms with Gasteiger partial charge in [-0.1, -0.05) is 41.9 Å². The van der Waals surface area contributed by atoms with Gasteiger partial charge in [0.1, 0.15) is 4.88 Å². The van der Waals surface area contributed by atoms with Gasteiger partial charge >= 0.3 is 5.97 Å². The maximum Gasteiger partial charge on any atom is 0.349 e. The Balaban J connectivity index is 1.43. The molecule has 0 unspecified atom stereocenters. The van der Waals surface area contributed by atoms with Crippen molar-refractivity contribution in [3.63, 3.8) is 0 Å². The van der Waals surface area contributed by atoms with Gasteiger partial charge in [-0.2, -0.15) is 5.10 Å². The first-order chi connectivity index (χ1) is 14.5. The number of anilines is 2. The minimum Gasteiger partial charge on any atom is -0.465 e. The summed E-state index contributed by atoms with van der Waals surface area (Å²) in [5, 5.41) is 12.3. The van der Waals surface area contributed by atoms with E-state index in [1.165, 1.54) is 24.0 Å². The van der Waals surface area contributed by atoms with Crippen molar-refractivity contribution in [3.05, 3.63) is 76.4 Å². The van der Waals surface area contributed by atoms with Gasteiger partial charge in [0.05, 0.1) is 30.6 Å². The van der Waals surface area contributed by atoms with Crippen molar-refractivity contribution in [2.24, 2.45) is 0 Å². The quantitative estimate of drug-likeness (QED) is 0.310. The molecule has 0 atom stereocenters. The molecule has 6 nitrogen and oxygen atoms in total. The fourth-order valence-electron chi connectivity index (χ4n) is 2.95. The lowest BCUT2D eigenvalue weighted by molar-refractivity contribution is 0.0606. The number of hydrogen-bond donors (Lipinski definition) is 2. The minimum absolute atomic E-state index is 0.387. The van der Waals surface area contributed by atoms with E-state index >= 15 is 0 Å². The third kappa shape index (κ3) is 4.46. The highest BCUT2D eigenvalue weighted by atomic mass is 35.5. The molecule has 2 aromatic carbocycles. The molecule has 9 heteroatoms. The number of fused-ring (bicyclic) bond motifs is 1. The lowest BCUT2D eigenvalue weighted by Crippen LogP contribution is -2.18. The number of carbonyl (C=O) groups excluding carboxylic acids is 1. The lowest BCUT2D eigenvalue weighted by atomic mass is 10.2. The summed E-state index contributed by atoms with van der Waals surface area (Å²) < 4.78 is 7.49. The number of methoxy groups -OCH3 is 1. The first kappa shape index (κ1) is 20.3. The van der Waals surface area contributed by atoms with Gasteiger partial charge in [0.2, 0.25) is 0 Å². The number of benzene rings is 2. The van der Waals surface area contributed by atoms with Gasteiger partial charge in [0.15, 0.2) is 5.11 Å². The number of nitrogens with zero attached hydrogens (tertiary/aromatic N) is 2. The van der Waals surface area contributed by atoms with Gasteiger partial charge in [-0.15, -0.1) is 11.3 Å². The van der Waals surface area contributed by atoms with E-state index in [2.05, 4.69) is 27.9 Å². The molecule has 2 N–H and O–H groups in total. The SMILES string of the molecule is COC(=O)c1sc2cc(NC(=S)Nc3cnn(Cc4ccccc4)c3)ccc2c1Cl. The van der Waals surface area contributed by atoms with E-state index < -0.39 is 5.97 Å². The van der Waals surface area contributed by atoms with Crippen molar-refractivity contribution in [1.82, 2.24) is 9.78 Å². The second-order valence-corrected chi connectivity index (χ2v) is 8.28. The van der Waals surface area contributed by atoms with Crippen LogP contribution in [-0.4, -0.2) is 28.0 Å². The third-order valence-corrected chi connectivity index (χ3v) is 6.18. The number of thiophene rings is 1. The highest BCUT2D eigenvalue weighted by Gasteiger charge is 2.17. The summed E-state index contributed by atoms with van der Waals surface area (Å²) in [7, 11) is 1.34. The highest BCUT2D eigenvalue weighted by Crippen LogP contribution is 2.37. The predicted octanol–water partition coefficient (Wildman–Crippen LogP) is 5.40. The molecular weight excluding hydrogens is 440 g/mol. The molecular formula is C21H17ClN4O2S2. The molecule has 0 aliphatic heterocycles. The Labute approximate surface area is 187 Å². The van der Waals surface area contributed by atoms with E-state index in [0.717, 1.165) is 21.5 Å². The largest absolute Gasteiger partial charge is 0.465 e. The van der Waals surface area contributed by atoms with Crippen molar-refractivity contribution in [3.8, 4) is 0 Å². The normalized spacial score (nSPS) is 10.7. The van der Waals surface area contributed by atoms with Gasteiger partial charge in [0.25, 0.3) is 0 Å². The second-order valence-electron chi connectivity index (χ2n) is 6.44. The summed E-state index contributed by atoms with van der Waals surface area (Å²) in [5.41, 5.74) is 2.74. The van der Waals surface area contributed by atoms with Crippen molar-refractivity contribution >= 4 is 67.7 Å². The van der Waals surface area contributed by atoms with Gasteiger partial charge in [-0.05, 0) is 36.0 Å². The van der Waals surface area contributed by atoms with E-state index in [0.29, 0.717) is 21.6 Å². The summed E-state index contributed by atoms with van der Waals surface area (Å²) in [6.45, 7) is 0.682. The molecule has 4 aromatic rings. The van der Waals surface area contributed by atoms with E-state index in [4.69, 9.17) is 28.6 Å². The molecule has 0 radical (unpaired) electrons. The molecule has 2 aromatic heterocycles. The smallest absolute Gasteiger partial charge is 0.349 e. The van der Waals surface area contributed by atoms with Crippen LogP contribution >= 0.6 is 35.2 Å². The summed E-state index contributed by atoms with van der Waals surface area (Å²) in [6.07, 6.45) is 3.62. The number of halogens is 1. The summed E-state index contributed by atoms with van der Waals surface area (Å²) in [6, 6.07) is 15.7. The standard InChI is InChI=1S/C21H17ClN4O2S2/c1-28-20(27)19-18(22)16-8-7-14(9-17(16)30-19)24-21(29)25-15-10-23-26(12-15)11-13-5-3-2-4-6-13/h2-10,12H,11H2,1H3,(H2,24,25,29). The monoisotopic (exact) mass is 456 g/mol. The number of ether oxygens (including phenoxy) is 1. The van der Waals surface area contributed by atoms with E-state index in [9.17, 15) is 4.79 Å². The van der Waals surface area contributed by atoms with Crippen molar-refractivity contribution in [2.75, 3.05) is 17.7 Å². The van der Waals surface area contributed by atoms with E-state index in [1.807, 2.05) is 47.3 Å². The average molecular weight is 457 g/mol. The Hall–Kier alpha value is -2.94. The van der Waals surface area contributed by atoms with Gasteiger partial charge in [-0.3, -0.25) is 4.68 Å². The van der Waals surface area contributed by atoms with Gasteiger partial charge in [-0.25, -0.2) is 4.79 Å². The number of carbonyl (C=O) groups is 1. The fourth-order valence-corrected chi connectivity index (χ4v) is 4.65. The molecule has 0 spiro atoms. The molecule has 2 heterocycles. The van der Waals surface area contributed by atoms with Crippen LogP contribution in [0.3, 0.4) is 0 Å². The molecule has 4 rings (SSSR count). The predicted molar refractivity (Wildman–Crippen MR) is 126 cm³/mol. The first-order valence-corrected chi connectivity index (χ1v) is 10.6. The van der Waals surface area contributed by atoms with Crippen LogP contribution in [-0.2, 0) is 11.3 Å². The van der Waals surface area contributed by atoms with Crippen molar-refractivity contribution < 1.29 is 9.53 Å². The maximum atomic E-state index is 11.8. The van der Waals surface area contributed by atoms with Crippen LogP contribution in [0.2, 0.25) is 5.02 Å². The van der Waals surface area contributed by atoms with Crippen LogP contribution in [0.25, 0.3) is 10.1 Å². The zero-order valence-corrected chi connectivity index (χ0v) is 18.3. The van der Waals surface area contributed by atoms with Crippen molar-refractivity contribution in [2.45, 2.75) is 6.54 Å². The highest BCUT2D eigenvalue weighted by molar-refractivity contribution is 7.80. The van der Waals surface area contributed by atoms with Crippen LogP contribution < -0.4 is 10.6 Å². The van der Waals surface area contributed by atoms with Crippen molar-refractivity contribution in [1.29, 1.82) is 0 Å². The number of aromatic nitrogens is 2. The summed E-state index contributed by atoms with van der Waals surface area (Å²) in [4.78, 5) is 12.2. The third-order valence-electron chi connectivity index (χ3n) is 4.34. The zero-order valence-electron chi connectivity index (χ0n) is 15.9. The Kier molecular flexibility index (Phi) is 5.98. The molecule has 30 heavy (non-hydrogen) atoms. The number of thiocarbonyl (C=S) groups is 1. The molecule has 0 bridgehead atoms. The zero-order chi connectivity index (χ0) is 21.1. The minimum atomic E-state index is -0.444. The Bertz CT molecular complexity index is 1220. The topological polar surface area (TPSA) is 68.2 Å². The maximum absolute atomic E-state index is 11.8. The molecule has 0 aliphatic carbocycles. The second kappa shape index (κ2) is 8.83. The van der Waals surface area contributed by atoms with E-state index in [-0.39, 0.29) is 0 Å². The van der Waals surface area contributed by atoms with Gasteiger partial charge < -0.3 is 15.4 Å². The van der Waals surface area contributed by atoms with Crippen LogP contribution in [0, 0.1) is 0 Å². The molecule has 152 valence electrons. The van der Waals surface area contributed by atoms with Crippen LogP contribution in [0.4, 0.5) is 11.4 Å². The van der Waals surface area contributed by atoms with Crippen LogP contribution in [0.5, 0.6) is 0 Å². The lowest BCUT2D eigenvalue weighted by Gasteiger charge is -2.09. The number of nitrogens with one attached hydrogen (secondary N) is 2. The number of esters is 1. The van der Waals surface area contributed by atoms with Crippen LogP contribution in [0.1, 0.15) is 15.2 Å². The number of rotatable bonds is 5. The molecule has 0 saturated heterocycles. The molecule has 0 saturated carbocycles. The summed E-state index contributed by atoms with van der Waals surface area (Å²) in [5.74, 6) is -0.444. The van der Waals surface area contributed by atoms with Gasteiger partial charge in [0, 0.05) is 22.0 Å². The Morgan fingerprint density at radius 1 is 1.20 bits per heavy atom. The summed E-state index contributed by atoms with van der Waals surface area (Å²) >= 11 is 13.0. The molecule has 0 fully saturated rings. The molecule has 0 aliphatic rings. The average Bonchev–Trinajstić information content (AvgIpc) is 3.31. The number of hydrogen-bond acceptors (Lipinski definition) is 5. The van der Waals surface area contributed by atoms with Crippen LogP contribution in [0.15, 0.2) is 60.9 Å². The Morgan fingerprint density at radius 2 is 1.97 bits per heavy atom. The first-order valence-electron chi connectivity index (χ1n) is 8.98. The fraction of sp³-hybridized carbons (Fsp3) is 0.0952. The Morgan fingerprint density at radius 3 is 2.73 bits per heavy atom.